The maximum atomic E-state index is 12.7. The van der Waals surface area contributed by atoms with E-state index < -0.39 is 17.2 Å². The van der Waals surface area contributed by atoms with E-state index in [1.165, 1.54) is 18.3 Å². The molecule has 184 valence electrons. The summed E-state index contributed by atoms with van der Waals surface area (Å²) in [6.45, 7) is 3.85. The first-order valence-electron chi connectivity index (χ1n) is 11.6. The Hall–Kier alpha value is -4.54. The Morgan fingerprint density at radius 3 is 2.69 bits per heavy atom. The van der Waals surface area contributed by atoms with Crippen molar-refractivity contribution in [2.75, 3.05) is 24.5 Å². The minimum absolute atomic E-state index is 0.174. The van der Waals surface area contributed by atoms with E-state index in [-0.39, 0.29) is 17.4 Å². The second-order valence-electron chi connectivity index (χ2n) is 8.64. The van der Waals surface area contributed by atoms with Gasteiger partial charge in [0.1, 0.15) is 0 Å². The molecule has 0 spiro atoms. The predicted octanol–water partition coefficient (Wildman–Crippen LogP) is 1.47. The smallest absolute Gasteiger partial charge is 0.351 e. The summed E-state index contributed by atoms with van der Waals surface area (Å²) in [6, 6.07) is 15.3. The van der Waals surface area contributed by atoms with Gasteiger partial charge in [0, 0.05) is 32.4 Å². The van der Waals surface area contributed by atoms with Gasteiger partial charge in [-0.15, -0.1) is 0 Å². The standard InChI is InChI=1S/C25H25N7O4/c1-16-9-11-18(12-10-16)32-25(35)30(2)24(34)20(28-32)21-27-23(36-29-21)22(33)26-13-15-31-14-5-7-17-6-3-4-8-19(17)31/h3-4,6,8-12H,5,7,13-15H2,1-2H3,(H,26,33). The van der Waals surface area contributed by atoms with Gasteiger partial charge < -0.3 is 14.7 Å². The first kappa shape index (κ1) is 23.2. The summed E-state index contributed by atoms with van der Waals surface area (Å²) in [7, 11) is 1.34. The quantitative estimate of drug-likeness (QED) is 0.433. The Morgan fingerprint density at radius 1 is 1.11 bits per heavy atom. The highest BCUT2D eigenvalue weighted by Gasteiger charge is 2.22. The Morgan fingerprint density at radius 2 is 1.89 bits per heavy atom. The molecule has 5 rings (SSSR count). The van der Waals surface area contributed by atoms with Gasteiger partial charge in [0.05, 0.1) is 5.69 Å². The number of benzene rings is 2. The van der Waals surface area contributed by atoms with Crippen molar-refractivity contribution >= 4 is 11.6 Å². The molecule has 1 aliphatic rings. The number of rotatable bonds is 6. The van der Waals surface area contributed by atoms with E-state index in [1.807, 2.05) is 31.2 Å². The van der Waals surface area contributed by atoms with Crippen LogP contribution in [-0.4, -0.2) is 50.0 Å². The molecule has 1 aliphatic heterocycles. The average molecular weight is 488 g/mol. The highest BCUT2D eigenvalue weighted by Crippen LogP contribution is 2.26. The summed E-state index contributed by atoms with van der Waals surface area (Å²) in [5.41, 5.74) is 2.46. The van der Waals surface area contributed by atoms with Crippen LogP contribution >= 0.6 is 0 Å². The summed E-state index contributed by atoms with van der Waals surface area (Å²) in [6.07, 6.45) is 2.11. The molecule has 0 saturated heterocycles. The maximum absolute atomic E-state index is 12.7. The molecule has 2 aromatic heterocycles. The van der Waals surface area contributed by atoms with Crippen LogP contribution in [0.15, 0.2) is 62.6 Å². The highest BCUT2D eigenvalue weighted by atomic mass is 16.5. The first-order valence-corrected chi connectivity index (χ1v) is 11.6. The molecule has 4 aromatic rings. The molecule has 11 nitrogen and oxygen atoms in total. The number of amides is 1. The molecule has 0 radical (unpaired) electrons. The maximum Gasteiger partial charge on any atom is 0.351 e. The zero-order valence-corrected chi connectivity index (χ0v) is 20.0. The Balaban J connectivity index is 1.32. The zero-order valence-electron chi connectivity index (χ0n) is 20.0. The van der Waals surface area contributed by atoms with E-state index in [1.54, 1.807) is 12.1 Å². The Bertz CT molecular complexity index is 1540. The molecule has 36 heavy (non-hydrogen) atoms. The number of aryl methyl sites for hydroxylation is 2. The lowest BCUT2D eigenvalue weighted by atomic mass is 10.0. The number of hydrogen-bond acceptors (Lipinski definition) is 8. The Labute approximate surface area is 206 Å². The van der Waals surface area contributed by atoms with Crippen LogP contribution in [0.2, 0.25) is 0 Å². The molecule has 2 aromatic carbocycles. The summed E-state index contributed by atoms with van der Waals surface area (Å²) < 4.78 is 7.10. The van der Waals surface area contributed by atoms with Crippen LogP contribution in [0.1, 0.15) is 28.2 Å². The lowest BCUT2D eigenvalue weighted by Gasteiger charge is -2.31. The highest BCUT2D eigenvalue weighted by molar-refractivity contribution is 5.89. The number of carbonyl (C=O) groups excluding carboxylic acids is 1. The molecule has 1 N–H and O–H groups in total. The third-order valence-corrected chi connectivity index (χ3v) is 6.16. The van der Waals surface area contributed by atoms with Gasteiger partial charge in [-0.3, -0.25) is 14.2 Å². The molecule has 0 bridgehead atoms. The molecule has 1 amide bonds. The van der Waals surface area contributed by atoms with E-state index >= 15 is 0 Å². The lowest BCUT2D eigenvalue weighted by molar-refractivity contribution is 0.0911. The van der Waals surface area contributed by atoms with Crippen LogP contribution in [0.3, 0.4) is 0 Å². The van der Waals surface area contributed by atoms with Crippen LogP contribution in [0.4, 0.5) is 5.69 Å². The van der Waals surface area contributed by atoms with Gasteiger partial charge in [-0.1, -0.05) is 41.1 Å². The minimum Gasteiger partial charge on any atom is -0.370 e. The van der Waals surface area contributed by atoms with Gasteiger partial charge in [-0.05, 0) is 43.5 Å². The number of nitrogens with one attached hydrogen (secondary N) is 1. The third-order valence-electron chi connectivity index (χ3n) is 6.16. The van der Waals surface area contributed by atoms with E-state index in [9.17, 15) is 14.4 Å². The fourth-order valence-corrected chi connectivity index (χ4v) is 4.20. The van der Waals surface area contributed by atoms with Gasteiger partial charge in [0.15, 0.2) is 5.69 Å². The summed E-state index contributed by atoms with van der Waals surface area (Å²) in [5.74, 6) is -1.02. The van der Waals surface area contributed by atoms with Crippen LogP contribution in [0, 0.1) is 6.92 Å². The van der Waals surface area contributed by atoms with Crippen molar-refractivity contribution in [1.29, 1.82) is 0 Å². The van der Waals surface area contributed by atoms with Crippen molar-refractivity contribution in [1.82, 2.24) is 29.8 Å². The zero-order chi connectivity index (χ0) is 25.2. The van der Waals surface area contributed by atoms with Crippen molar-refractivity contribution in [3.63, 3.8) is 0 Å². The predicted molar refractivity (Wildman–Crippen MR) is 132 cm³/mol. The SMILES string of the molecule is Cc1ccc(-n2nc(-c3noc(C(=O)NCCN4CCCc5ccccc54)n3)c(=O)n(C)c2=O)cc1. The fraction of sp³-hybridized carbons (Fsp3) is 0.280. The third kappa shape index (κ3) is 4.42. The molecule has 11 heteroatoms. The summed E-state index contributed by atoms with van der Waals surface area (Å²) in [4.78, 5) is 44.3. The van der Waals surface area contributed by atoms with Crippen molar-refractivity contribution in [2.45, 2.75) is 19.8 Å². The molecule has 3 heterocycles. The van der Waals surface area contributed by atoms with E-state index in [0.29, 0.717) is 18.8 Å². The van der Waals surface area contributed by atoms with Crippen LogP contribution in [-0.2, 0) is 13.5 Å². The number of carbonyl (C=O) groups is 1. The normalized spacial score (nSPS) is 12.9. The van der Waals surface area contributed by atoms with Crippen molar-refractivity contribution in [2.24, 2.45) is 7.05 Å². The number of para-hydroxylation sites is 1. The minimum atomic E-state index is -0.695. The summed E-state index contributed by atoms with van der Waals surface area (Å²) in [5, 5.41) is 10.7. The molecular formula is C25H25N7O4. The number of aromatic nitrogens is 5. The topological polar surface area (TPSA) is 128 Å². The fourth-order valence-electron chi connectivity index (χ4n) is 4.20. The second kappa shape index (κ2) is 9.61. The monoisotopic (exact) mass is 487 g/mol. The first-order chi connectivity index (χ1) is 17.4. The Kier molecular flexibility index (Phi) is 6.19. The van der Waals surface area contributed by atoms with Crippen molar-refractivity contribution < 1.29 is 9.32 Å². The van der Waals surface area contributed by atoms with Gasteiger partial charge in [0.25, 0.3) is 5.56 Å². The van der Waals surface area contributed by atoms with E-state index in [4.69, 9.17) is 4.52 Å². The van der Waals surface area contributed by atoms with Gasteiger partial charge in [-0.2, -0.15) is 14.8 Å². The van der Waals surface area contributed by atoms with Gasteiger partial charge in [-0.25, -0.2) is 4.79 Å². The number of fused-ring (bicyclic) bond motifs is 1. The summed E-state index contributed by atoms with van der Waals surface area (Å²) >= 11 is 0. The largest absolute Gasteiger partial charge is 0.370 e. The van der Waals surface area contributed by atoms with E-state index in [0.717, 1.165) is 34.2 Å². The van der Waals surface area contributed by atoms with Crippen LogP contribution < -0.4 is 21.5 Å². The second-order valence-corrected chi connectivity index (χ2v) is 8.64. The van der Waals surface area contributed by atoms with Gasteiger partial charge >= 0.3 is 17.5 Å². The molecule has 0 unspecified atom stereocenters. The molecule has 0 saturated carbocycles. The molecular weight excluding hydrogens is 462 g/mol. The number of nitrogens with zero attached hydrogens (tertiary/aromatic N) is 6. The van der Waals surface area contributed by atoms with Gasteiger partial charge in [0.2, 0.25) is 5.82 Å². The van der Waals surface area contributed by atoms with Crippen molar-refractivity contribution in [3.05, 3.63) is 86.4 Å². The van der Waals surface area contributed by atoms with Crippen LogP contribution in [0.5, 0.6) is 0 Å². The number of hydrogen-bond donors (Lipinski definition) is 1. The van der Waals surface area contributed by atoms with E-state index in [2.05, 4.69) is 37.6 Å². The average Bonchev–Trinajstić information content (AvgIpc) is 3.38. The molecule has 0 aliphatic carbocycles. The van der Waals surface area contributed by atoms with Crippen LogP contribution in [0.25, 0.3) is 17.2 Å². The molecule has 0 fully saturated rings. The molecule has 0 atom stereocenters. The lowest BCUT2D eigenvalue weighted by Crippen LogP contribution is -2.40. The number of anilines is 1. The van der Waals surface area contributed by atoms with Crippen molar-refractivity contribution in [3.8, 4) is 17.2 Å².